The topological polar surface area (TPSA) is 78.1 Å². The monoisotopic (exact) mass is 444 g/mol. The fourth-order valence-electron chi connectivity index (χ4n) is 4.39. The van der Waals surface area contributed by atoms with Gasteiger partial charge in [0.05, 0.1) is 30.6 Å². The number of H-pyrrole nitrogens is 1. The summed E-state index contributed by atoms with van der Waals surface area (Å²) in [7, 11) is 0. The molecule has 162 valence electrons. The molecule has 1 aliphatic heterocycles. The third kappa shape index (κ3) is 3.69. The van der Waals surface area contributed by atoms with Crippen molar-refractivity contribution >= 4 is 39.7 Å². The number of amides is 2. The molecule has 0 saturated heterocycles. The van der Waals surface area contributed by atoms with Crippen molar-refractivity contribution in [1.82, 2.24) is 15.1 Å². The molecule has 0 bridgehead atoms. The maximum Gasteiger partial charge on any atom is 0.230 e. The van der Waals surface area contributed by atoms with Crippen LogP contribution >= 0.6 is 11.3 Å². The van der Waals surface area contributed by atoms with E-state index in [1.807, 2.05) is 72.7 Å². The summed E-state index contributed by atoms with van der Waals surface area (Å²) in [6.45, 7) is 4.43. The maximum atomic E-state index is 13.0. The lowest BCUT2D eigenvalue weighted by Gasteiger charge is -2.31. The van der Waals surface area contributed by atoms with Crippen LogP contribution in [-0.4, -0.2) is 26.9 Å². The van der Waals surface area contributed by atoms with Gasteiger partial charge in [-0.05, 0) is 41.6 Å². The van der Waals surface area contributed by atoms with Gasteiger partial charge in [-0.25, -0.2) is 0 Å². The third-order valence-corrected chi connectivity index (χ3v) is 6.99. The van der Waals surface area contributed by atoms with Gasteiger partial charge >= 0.3 is 0 Å². The molecule has 3 heterocycles. The van der Waals surface area contributed by atoms with Crippen molar-refractivity contribution in [2.45, 2.75) is 38.8 Å². The molecule has 0 saturated carbocycles. The standard InChI is InChI=1S/C25H24N4O2S/c1-25(2)23-20(15-29(25)22(31)14-19-8-5-11-32-19)24(28-27-23)26-21(30)13-16-9-10-17-6-3-4-7-18(17)12-16/h3-12H,13-15H2,1-2H3,(H2,26,27,28,30). The van der Waals surface area contributed by atoms with Crippen molar-refractivity contribution in [2.75, 3.05) is 5.32 Å². The highest BCUT2D eigenvalue weighted by Crippen LogP contribution is 2.40. The van der Waals surface area contributed by atoms with E-state index in [0.29, 0.717) is 18.8 Å². The number of aromatic amines is 1. The smallest absolute Gasteiger partial charge is 0.230 e. The molecule has 2 aromatic heterocycles. The summed E-state index contributed by atoms with van der Waals surface area (Å²) >= 11 is 1.58. The highest BCUT2D eigenvalue weighted by atomic mass is 32.1. The van der Waals surface area contributed by atoms with Crippen molar-refractivity contribution in [3.8, 4) is 0 Å². The van der Waals surface area contributed by atoms with E-state index in [0.717, 1.165) is 32.5 Å². The molecule has 1 aliphatic rings. The highest BCUT2D eigenvalue weighted by molar-refractivity contribution is 7.10. The lowest BCUT2D eigenvalue weighted by Crippen LogP contribution is -2.41. The molecule has 7 heteroatoms. The number of thiophene rings is 1. The molecule has 5 rings (SSSR count). The number of carbonyl (C=O) groups excluding carboxylic acids is 2. The Labute approximate surface area is 190 Å². The summed E-state index contributed by atoms with van der Waals surface area (Å²) < 4.78 is 0. The van der Waals surface area contributed by atoms with E-state index in [9.17, 15) is 9.59 Å². The molecule has 2 N–H and O–H groups in total. The molecule has 2 amide bonds. The number of rotatable bonds is 5. The van der Waals surface area contributed by atoms with E-state index >= 15 is 0 Å². The van der Waals surface area contributed by atoms with Gasteiger partial charge in [-0.3, -0.25) is 14.7 Å². The summed E-state index contributed by atoms with van der Waals surface area (Å²) in [4.78, 5) is 28.6. The van der Waals surface area contributed by atoms with Crippen LogP contribution in [0.1, 0.15) is 35.5 Å². The van der Waals surface area contributed by atoms with Crippen molar-refractivity contribution in [3.63, 3.8) is 0 Å². The average molecular weight is 445 g/mol. The van der Waals surface area contributed by atoms with Gasteiger partial charge in [0.1, 0.15) is 0 Å². The maximum absolute atomic E-state index is 13.0. The zero-order chi connectivity index (χ0) is 22.3. The van der Waals surface area contributed by atoms with E-state index in [1.54, 1.807) is 11.3 Å². The number of hydrogen-bond donors (Lipinski definition) is 2. The number of benzene rings is 2. The summed E-state index contributed by atoms with van der Waals surface area (Å²) in [5, 5.41) is 14.6. The van der Waals surface area contributed by atoms with Crippen LogP contribution in [-0.2, 0) is 34.5 Å². The van der Waals surface area contributed by atoms with E-state index in [-0.39, 0.29) is 18.2 Å². The van der Waals surface area contributed by atoms with Crippen molar-refractivity contribution in [2.24, 2.45) is 0 Å². The zero-order valence-corrected chi connectivity index (χ0v) is 18.8. The molecule has 32 heavy (non-hydrogen) atoms. The molecule has 6 nitrogen and oxygen atoms in total. The highest BCUT2D eigenvalue weighted by Gasteiger charge is 2.43. The van der Waals surface area contributed by atoms with Crippen molar-refractivity contribution in [3.05, 3.63) is 81.7 Å². The van der Waals surface area contributed by atoms with Gasteiger partial charge in [0.15, 0.2) is 5.82 Å². The van der Waals surface area contributed by atoms with Crippen LogP contribution in [0.15, 0.2) is 60.0 Å². The van der Waals surface area contributed by atoms with Crippen molar-refractivity contribution in [1.29, 1.82) is 0 Å². The number of hydrogen-bond acceptors (Lipinski definition) is 4. The molecule has 0 atom stereocenters. The minimum absolute atomic E-state index is 0.0653. The Hall–Kier alpha value is -3.45. The molecular formula is C25H24N4O2S. The lowest BCUT2D eigenvalue weighted by molar-refractivity contribution is -0.135. The van der Waals surface area contributed by atoms with Crippen LogP contribution in [0.5, 0.6) is 0 Å². The average Bonchev–Trinajstić information content (AvgIpc) is 3.47. The fourth-order valence-corrected chi connectivity index (χ4v) is 5.08. The largest absolute Gasteiger partial charge is 0.327 e. The predicted molar refractivity (Wildman–Crippen MR) is 126 cm³/mol. The first-order valence-corrected chi connectivity index (χ1v) is 11.5. The molecule has 0 radical (unpaired) electrons. The minimum atomic E-state index is -0.516. The number of fused-ring (bicyclic) bond motifs is 2. The second-order valence-corrected chi connectivity index (χ2v) is 9.66. The normalized spacial score (nSPS) is 14.5. The summed E-state index contributed by atoms with van der Waals surface area (Å²) in [5.41, 5.74) is 2.18. The first kappa shape index (κ1) is 20.5. The Morgan fingerprint density at radius 1 is 1.09 bits per heavy atom. The van der Waals surface area contributed by atoms with Gasteiger partial charge in [-0.1, -0.05) is 48.5 Å². The Bertz CT molecular complexity index is 1310. The molecule has 0 unspecified atom stereocenters. The lowest BCUT2D eigenvalue weighted by atomic mass is 10.0. The first-order valence-electron chi connectivity index (χ1n) is 10.6. The zero-order valence-electron chi connectivity index (χ0n) is 18.0. The molecule has 2 aromatic carbocycles. The molecule has 4 aromatic rings. The van der Waals surface area contributed by atoms with E-state index in [2.05, 4.69) is 21.6 Å². The number of nitrogens with one attached hydrogen (secondary N) is 2. The van der Waals surface area contributed by atoms with Crippen LogP contribution in [0.25, 0.3) is 10.8 Å². The predicted octanol–water partition coefficient (Wildman–Crippen LogP) is 4.63. The van der Waals surface area contributed by atoms with Crippen LogP contribution < -0.4 is 5.32 Å². The summed E-state index contributed by atoms with van der Waals surface area (Å²) in [6, 6.07) is 18.1. The summed E-state index contributed by atoms with van der Waals surface area (Å²) in [5.74, 6) is 0.441. The number of carbonyl (C=O) groups is 2. The molecule has 0 spiro atoms. The van der Waals surface area contributed by atoms with Gasteiger partial charge in [0, 0.05) is 10.4 Å². The van der Waals surface area contributed by atoms with E-state index < -0.39 is 5.54 Å². The van der Waals surface area contributed by atoms with Crippen LogP contribution in [0.4, 0.5) is 5.82 Å². The van der Waals surface area contributed by atoms with E-state index in [4.69, 9.17) is 0 Å². The number of aromatic nitrogens is 2. The Balaban J connectivity index is 1.30. The van der Waals surface area contributed by atoms with Gasteiger partial charge in [-0.15, -0.1) is 11.3 Å². The fraction of sp³-hybridized carbons (Fsp3) is 0.240. The Morgan fingerprint density at radius 2 is 1.91 bits per heavy atom. The van der Waals surface area contributed by atoms with E-state index in [1.165, 1.54) is 0 Å². The second-order valence-electron chi connectivity index (χ2n) is 8.63. The Morgan fingerprint density at radius 3 is 2.69 bits per heavy atom. The van der Waals surface area contributed by atoms with Gasteiger partial charge in [0.25, 0.3) is 0 Å². The molecule has 0 aliphatic carbocycles. The summed E-state index contributed by atoms with van der Waals surface area (Å²) in [6.07, 6.45) is 0.638. The van der Waals surface area contributed by atoms with Crippen LogP contribution in [0.3, 0.4) is 0 Å². The quantitative estimate of drug-likeness (QED) is 0.471. The van der Waals surface area contributed by atoms with Crippen LogP contribution in [0, 0.1) is 0 Å². The molecular weight excluding hydrogens is 420 g/mol. The Kier molecular flexibility index (Phi) is 5.06. The number of nitrogens with zero attached hydrogens (tertiary/aromatic N) is 2. The van der Waals surface area contributed by atoms with Crippen molar-refractivity contribution < 1.29 is 9.59 Å². The first-order chi connectivity index (χ1) is 15.4. The third-order valence-electron chi connectivity index (χ3n) is 6.11. The molecule has 0 fully saturated rings. The minimum Gasteiger partial charge on any atom is -0.327 e. The van der Waals surface area contributed by atoms with Gasteiger partial charge < -0.3 is 10.2 Å². The van der Waals surface area contributed by atoms with Gasteiger partial charge in [-0.2, -0.15) is 5.10 Å². The van der Waals surface area contributed by atoms with Crippen LogP contribution in [0.2, 0.25) is 0 Å². The number of anilines is 1. The van der Waals surface area contributed by atoms with Gasteiger partial charge in [0.2, 0.25) is 11.8 Å². The second kappa shape index (κ2) is 7.91. The SMILES string of the molecule is CC1(C)c2[nH]nc(NC(=O)Cc3ccc4ccccc4c3)c2CN1C(=O)Cc1cccs1.